The van der Waals surface area contributed by atoms with Crippen molar-refractivity contribution in [1.82, 2.24) is 0 Å². The number of phosphoric ester groups is 2. The number of carbonyl (C=O) groups excluding carboxylic acids is 4. The Morgan fingerprint density at radius 2 is 0.630 bits per heavy atom. The van der Waals surface area contributed by atoms with Gasteiger partial charge in [0.05, 0.1) is 26.4 Å². The van der Waals surface area contributed by atoms with Crippen LogP contribution in [0.3, 0.4) is 0 Å². The van der Waals surface area contributed by atoms with Crippen LogP contribution in [-0.4, -0.2) is 96.7 Å². The summed E-state index contributed by atoms with van der Waals surface area (Å²) < 4.78 is 67.6. The van der Waals surface area contributed by atoms with Gasteiger partial charge >= 0.3 is 39.5 Å². The fraction of sp³-hybridized carbons (Fsp3) is 0.935. The zero-order valence-electron chi connectivity index (χ0n) is 52.1. The summed E-state index contributed by atoms with van der Waals surface area (Å²) in [6, 6.07) is 0. The summed E-state index contributed by atoms with van der Waals surface area (Å²) >= 11 is 0. The van der Waals surface area contributed by atoms with Crippen LogP contribution in [0.25, 0.3) is 0 Å². The van der Waals surface area contributed by atoms with Gasteiger partial charge in [0.2, 0.25) is 0 Å². The molecule has 3 unspecified atom stereocenters. The molecule has 0 aromatic heterocycles. The van der Waals surface area contributed by atoms with Crippen LogP contribution in [-0.2, 0) is 65.4 Å². The summed E-state index contributed by atoms with van der Waals surface area (Å²) in [5.74, 6) is -0.580. The number of ether oxygens (including phenoxy) is 4. The summed E-state index contributed by atoms with van der Waals surface area (Å²) in [5.41, 5.74) is 0. The molecule has 0 rings (SSSR count). The maximum atomic E-state index is 13.0. The molecule has 0 aliphatic carbocycles. The number of esters is 4. The number of phosphoric acid groups is 2. The maximum absolute atomic E-state index is 13.0. The number of aliphatic hydroxyl groups excluding tert-OH is 1. The Labute approximate surface area is 492 Å². The maximum Gasteiger partial charge on any atom is 0.472 e. The second kappa shape index (κ2) is 54.7. The lowest BCUT2D eigenvalue weighted by atomic mass is 9.99. The smallest absolute Gasteiger partial charge is 0.462 e. The molecular formula is C62H120O17P2. The molecule has 0 aliphatic heterocycles. The number of aliphatic hydroxyl groups is 1. The molecule has 3 N–H and O–H groups in total. The highest BCUT2D eigenvalue weighted by Crippen LogP contribution is 2.45. The van der Waals surface area contributed by atoms with Gasteiger partial charge in [-0.25, -0.2) is 9.13 Å². The van der Waals surface area contributed by atoms with Crippen LogP contribution in [0.4, 0.5) is 0 Å². The summed E-state index contributed by atoms with van der Waals surface area (Å²) in [6.07, 6.45) is 36.7. The molecular weight excluding hydrogens is 1080 g/mol. The molecule has 17 nitrogen and oxygen atoms in total. The van der Waals surface area contributed by atoms with Gasteiger partial charge in [-0.3, -0.25) is 37.3 Å². The van der Waals surface area contributed by atoms with E-state index in [0.717, 1.165) is 121 Å². The van der Waals surface area contributed by atoms with Gasteiger partial charge in [0.15, 0.2) is 12.2 Å². The Hall–Kier alpha value is -1.94. The zero-order valence-corrected chi connectivity index (χ0v) is 53.9. The first-order valence-electron chi connectivity index (χ1n) is 32.5. The fourth-order valence-electron chi connectivity index (χ4n) is 9.15. The third-order valence-corrected chi connectivity index (χ3v) is 16.5. The SMILES string of the molecule is CCCCCCCCCC(=O)O[C@H](COC(=O)CCCCCCC)COP(=O)(O)OC[C@H](O)COP(=O)(O)OC[C@@H](COC(=O)CCCCCCCCCCC(C)C)OC(=O)CCCCCCCCCCCCCCCCC(C)CC. The van der Waals surface area contributed by atoms with Gasteiger partial charge < -0.3 is 33.8 Å². The third kappa shape index (κ3) is 55.7. The van der Waals surface area contributed by atoms with E-state index in [1.807, 2.05) is 0 Å². The van der Waals surface area contributed by atoms with E-state index >= 15 is 0 Å². The lowest BCUT2D eigenvalue weighted by molar-refractivity contribution is -0.161. The van der Waals surface area contributed by atoms with Crippen molar-refractivity contribution in [3.8, 4) is 0 Å². The molecule has 0 radical (unpaired) electrons. The van der Waals surface area contributed by atoms with Crippen molar-refractivity contribution >= 4 is 39.5 Å². The van der Waals surface area contributed by atoms with Gasteiger partial charge in [0.25, 0.3) is 0 Å². The third-order valence-electron chi connectivity index (χ3n) is 14.6. The highest BCUT2D eigenvalue weighted by Gasteiger charge is 2.30. The average Bonchev–Trinajstić information content (AvgIpc) is 3.43. The van der Waals surface area contributed by atoms with Gasteiger partial charge in [-0.05, 0) is 37.5 Å². The average molecular weight is 1200 g/mol. The molecule has 0 spiro atoms. The van der Waals surface area contributed by atoms with Crippen LogP contribution >= 0.6 is 15.6 Å². The number of carbonyl (C=O) groups is 4. The molecule has 81 heavy (non-hydrogen) atoms. The number of unbranched alkanes of at least 4 members (excludes halogenated alkanes) is 30. The Morgan fingerprint density at radius 3 is 0.938 bits per heavy atom. The molecule has 0 heterocycles. The Morgan fingerprint density at radius 1 is 0.358 bits per heavy atom. The number of hydrogen-bond acceptors (Lipinski definition) is 15. The van der Waals surface area contributed by atoms with Crippen molar-refractivity contribution in [2.75, 3.05) is 39.6 Å². The second-order valence-electron chi connectivity index (χ2n) is 23.2. The van der Waals surface area contributed by atoms with Crippen molar-refractivity contribution in [1.29, 1.82) is 0 Å². The highest BCUT2D eigenvalue weighted by atomic mass is 31.2. The topological polar surface area (TPSA) is 237 Å². The van der Waals surface area contributed by atoms with Gasteiger partial charge in [0.1, 0.15) is 19.3 Å². The Kier molecular flexibility index (Phi) is 53.4. The lowest BCUT2D eigenvalue weighted by Gasteiger charge is -2.21. The number of rotatable bonds is 61. The summed E-state index contributed by atoms with van der Waals surface area (Å²) in [6.45, 7) is 9.37. The van der Waals surface area contributed by atoms with E-state index in [0.29, 0.717) is 25.7 Å². The summed E-state index contributed by atoms with van der Waals surface area (Å²) in [7, 11) is -9.87. The Balaban J connectivity index is 5.12. The van der Waals surface area contributed by atoms with Crippen molar-refractivity contribution < 1.29 is 80.2 Å². The molecule has 0 amide bonds. The van der Waals surface area contributed by atoms with Gasteiger partial charge in [-0.15, -0.1) is 0 Å². The monoisotopic (exact) mass is 1200 g/mol. The van der Waals surface area contributed by atoms with E-state index in [9.17, 15) is 43.2 Å². The molecule has 0 bridgehead atoms. The fourth-order valence-corrected chi connectivity index (χ4v) is 10.7. The highest BCUT2D eigenvalue weighted by molar-refractivity contribution is 7.47. The van der Waals surface area contributed by atoms with E-state index in [1.165, 1.54) is 103 Å². The van der Waals surface area contributed by atoms with Crippen molar-refractivity contribution in [2.24, 2.45) is 11.8 Å². The quantitative estimate of drug-likeness (QED) is 0.0222. The van der Waals surface area contributed by atoms with Gasteiger partial charge in [-0.2, -0.15) is 0 Å². The van der Waals surface area contributed by atoms with E-state index in [1.54, 1.807) is 0 Å². The summed E-state index contributed by atoms with van der Waals surface area (Å²) in [4.78, 5) is 71.7. The molecule has 0 aliphatic rings. The minimum absolute atomic E-state index is 0.103. The molecule has 6 atom stereocenters. The second-order valence-corrected chi connectivity index (χ2v) is 26.1. The lowest BCUT2D eigenvalue weighted by Crippen LogP contribution is -2.30. The molecule has 0 fully saturated rings. The van der Waals surface area contributed by atoms with Gasteiger partial charge in [-0.1, -0.05) is 253 Å². The normalized spacial score (nSPS) is 14.7. The number of hydrogen-bond donors (Lipinski definition) is 3. The standard InChI is InChI=1S/C62H120O17P2/c1-7-10-12-14-25-34-40-46-61(66)78-57(50-72-59(64)44-38-30-13-11-8-2)52-76-80(68,69)74-48-56(63)49-75-81(70,71)77-53-58(51-73-60(65)45-39-33-28-24-23-26-31-36-42-54(4)5)79-62(67)47-41-35-29-22-20-18-16-15-17-19-21-27-32-37-43-55(6)9-3/h54-58,63H,7-53H2,1-6H3,(H,68,69)(H,70,71)/t55?,56-,57+,58+/m0/s1. The van der Waals surface area contributed by atoms with Crippen molar-refractivity contribution in [2.45, 2.75) is 323 Å². The minimum atomic E-state index is -4.94. The zero-order chi connectivity index (χ0) is 60.1. The van der Waals surface area contributed by atoms with Crippen molar-refractivity contribution in [3.63, 3.8) is 0 Å². The van der Waals surface area contributed by atoms with E-state index in [-0.39, 0.29) is 25.7 Å². The van der Waals surface area contributed by atoms with E-state index in [2.05, 4.69) is 41.5 Å². The first-order valence-corrected chi connectivity index (χ1v) is 35.5. The molecule has 480 valence electrons. The largest absolute Gasteiger partial charge is 0.472 e. The predicted octanol–water partition coefficient (Wildman–Crippen LogP) is 16.9. The summed E-state index contributed by atoms with van der Waals surface area (Å²) in [5, 5.41) is 10.5. The van der Waals surface area contributed by atoms with Crippen LogP contribution in [0.1, 0.15) is 305 Å². The minimum Gasteiger partial charge on any atom is -0.462 e. The molecule has 19 heteroatoms. The molecule has 0 saturated carbocycles. The van der Waals surface area contributed by atoms with E-state index in [4.69, 9.17) is 37.0 Å². The van der Waals surface area contributed by atoms with E-state index < -0.39 is 97.5 Å². The first-order chi connectivity index (χ1) is 38.9. The Bertz CT molecular complexity index is 1600. The molecule has 0 aromatic rings. The van der Waals surface area contributed by atoms with Gasteiger partial charge in [0, 0.05) is 25.7 Å². The van der Waals surface area contributed by atoms with Crippen LogP contribution < -0.4 is 0 Å². The molecule has 0 saturated heterocycles. The van der Waals surface area contributed by atoms with Crippen LogP contribution in [0, 0.1) is 11.8 Å². The van der Waals surface area contributed by atoms with Crippen LogP contribution in [0.2, 0.25) is 0 Å². The van der Waals surface area contributed by atoms with Crippen LogP contribution in [0.15, 0.2) is 0 Å². The first kappa shape index (κ1) is 79.1. The van der Waals surface area contributed by atoms with Crippen molar-refractivity contribution in [3.05, 3.63) is 0 Å². The van der Waals surface area contributed by atoms with Crippen LogP contribution in [0.5, 0.6) is 0 Å². The molecule has 0 aromatic carbocycles. The predicted molar refractivity (Wildman–Crippen MR) is 321 cm³/mol.